The first-order valence-electron chi connectivity index (χ1n) is 4.65. The summed E-state index contributed by atoms with van der Waals surface area (Å²) in [7, 11) is 1.70. The van der Waals surface area contributed by atoms with Crippen LogP contribution in [0, 0.1) is 0 Å². The van der Waals surface area contributed by atoms with Crippen molar-refractivity contribution in [3.8, 4) is 11.4 Å². The molecule has 16 heavy (non-hydrogen) atoms. The topological polar surface area (TPSA) is 17.8 Å². The van der Waals surface area contributed by atoms with Gasteiger partial charge in [0, 0.05) is 23.3 Å². The summed E-state index contributed by atoms with van der Waals surface area (Å²) >= 11 is 3.32. The van der Waals surface area contributed by atoms with Gasteiger partial charge in [0.05, 0.1) is 0 Å². The number of hydrogen-bond donors (Lipinski definition) is 0. The highest BCUT2D eigenvalue weighted by molar-refractivity contribution is 9.10. The molecule has 0 radical (unpaired) electrons. The Morgan fingerprint density at radius 2 is 1.88 bits per heavy atom. The molecule has 0 unspecified atom stereocenters. The molecule has 0 atom stereocenters. The second kappa shape index (κ2) is 4.33. The molecule has 1 aromatic heterocycles. The van der Waals surface area contributed by atoms with Crippen molar-refractivity contribution in [2.24, 2.45) is 7.05 Å². The maximum Gasteiger partial charge on any atom is 0.281 e. The van der Waals surface area contributed by atoms with Crippen molar-refractivity contribution in [1.82, 2.24) is 9.55 Å². The van der Waals surface area contributed by atoms with E-state index in [1.54, 1.807) is 11.6 Å². The maximum atomic E-state index is 12.5. The molecule has 0 amide bonds. The summed E-state index contributed by atoms with van der Waals surface area (Å²) in [6, 6.07) is 7.38. The molecule has 1 aromatic carbocycles. The Morgan fingerprint density at radius 3 is 2.38 bits per heavy atom. The molecule has 0 aliphatic carbocycles. The van der Waals surface area contributed by atoms with Gasteiger partial charge >= 0.3 is 0 Å². The third kappa shape index (κ3) is 2.14. The quantitative estimate of drug-likeness (QED) is 0.821. The molecular weight excluding hydrogens is 278 g/mol. The van der Waals surface area contributed by atoms with Crippen molar-refractivity contribution in [3.63, 3.8) is 0 Å². The lowest BCUT2D eigenvalue weighted by Gasteiger charge is -2.00. The average molecular weight is 287 g/mol. The smallest absolute Gasteiger partial charge is 0.281 e. The number of alkyl halides is 2. The number of nitrogens with zero attached hydrogens (tertiary/aromatic N) is 2. The first kappa shape index (κ1) is 11.3. The average Bonchev–Trinajstić information content (AvgIpc) is 2.62. The van der Waals surface area contributed by atoms with Gasteiger partial charge in [-0.3, -0.25) is 0 Å². The molecule has 0 aliphatic heterocycles. The van der Waals surface area contributed by atoms with Crippen LogP contribution in [0.3, 0.4) is 0 Å². The summed E-state index contributed by atoms with van der Waals surface area (Å²) in [5, 5.41) is 0. The Morgan fingerprint density at radius 1 is 1.25 bits per heavy atom. The Kier molecular flexibility index (Phi) is 3.05. The van der Waals surface area contributed by atoms with E-state index in [1.165, 1.54) is 6.20 Å². The van der Waals surface area contributed by atoms with E-state index in [1.807, 2.05) is 24.3 Å². The molecule has 0 bridgehead atoms. The van der Waals surface area contributed by atoms with Crippen molar-refractivity contribution in [2.45, 2.75) is 6.43 Å². The molecule has 0 N–H and O–H groups in total. The summed E-state index contributed by atoms with van der Waals surface area (Å²) in [5.41, 5.74) is 0.623. The largest absolute Gasteiger partial charge is 0.334 e. The van der Waals surface area contributed by atoms with Crippen LogP contribution in [-0.4, -0.2) is 9.55 Å². The molecule has 84 valence electrons. The van der Waals surface area contributed by atoms with E-state index in [2.05, 4.69) is 20.9 Å². The first-order chi connectivity index (χ1) is 7.58. The van der Waals surface area contributed by atoms with Crippen LogP contribution in [0.15, 0.2) is 34.9 Å². The molecule has 0 saturated heterocycles. The van der Waals surface area contributed by atoms with E-state index in [-0.39, 0.29) is 5.69 Å². The number of benzene rings is 1. The minimum atomic E-state index is -2.53. The standard InChI is InChI=1S/C11H9BrF2N2/c1-16-6-9(10(13)14)15-11(16)7-2-4-8(12)5-3-7/h2-6,10H,1H3. The van der Waals surface area contributed by atoms with Crippen molar-refractivity contribution in [1.29, 1.82) is 0 Å². The fraction of sp³-hybridized carbons (Fsp3) is 0.182. The molecule has 0 saturated carbocycles. The highest BCUT2D eigenvalue weighted by Crippen LogP contribution is 2.24. The lowest BCUT2D eigenvalue weighted by molar-refractivity contribution is 0.146. The highest BCUT2D eigenvalue weighted by Gasteiger charge is 2.14. The molecule has 0 aliphatic rings. The van der Waals surface area contributed by atoms with Gasteiger partial charge in [-0.2, -0.15) is 0 Å². The number of halogens is 3. The number of rotatable bonds is 2. The van der Waals surface area contributed by atoms with Crippen LogP contribution in [0.1, 0.15) is 12.1 Å². The molecule has 5 heteroatoms. The van der Waals surface area contributed by atoms with Crippen LogP contribution >= 0.6 is 15.9 Å². The zero-order chi connectivity index (χ0) is 11.7. The minimum absolute atomic E-state index is 0.194. The van der Waals surface area contributed by atoms with Gasteiger partial charge in [0.25, 0.3) is 6.43 Å². The number of aryl methyl sites for hydroxylation is 1. The summed E-state index contributed by atoms with van der Waals surface area (Å²) in [5.74, 6) is 0.544. The van der Waals surface area contributed by atoms with Gasteiger partial charge in [-0.05, 0) is 12.1 Å². The van der Waals surface area contributed by atoms with Gasteiger partial charge in [-0.25, -0.2) is 13.8 Å². The fourth-order valence-electron chi connectivity index (χ4n) is 1.46. The molecule has 0 spiro atoms. The Balaban J connectivity index is 2.44. The molecule has 2 nitrogen and oxygen atoms in total. The van der Waals surface area contributed by atoms with E-state index >= 15 is 0 Å². The predicted octanol–water partition coefficient (Wildman–Crippen LogP) is 3.79. The van der Waals surface area contributed by atoms with E-state index < -0.39 is 6.43 Å². The highest BCUT2D eigenvalue weighted by atomic mass is 79.9. The van der Waals surface area contributed by atoms with Gasteiger partial charge in [0.2, 0.25) is 0 Å². The summed E-state index contributed by atoms with van der Waals surface area (Å²) in [6.07, 6.45) is -1.18. The van der Waals surface area contributed by atoms with Crippen LogP contribution < -0.4 is 0 Å². The Labute approximate surface area is 100 Å². The summed E-state index contributed by atoms with van der Waals surface area (Å²) < 4.78 is 27.5. The number of aromatic nitrogens is 2. The summed E-state index contributed by atoms with van der Waals surface area (Å²) in [4.78, 5) is 3.91. The van der Waals surface area contributed by atoms with E-state index in [0.29, 0.717) is 5.82 Å². The lowest BCUT2D eigenvalue weighted by Crippen LogP contribution is -1.90. The van der Waals surface area contributed by atoms with Crippen LogP contribution in [0.4, 0.5) is 8.78 Å². The van der Waals surface area contributed by atoms with Gasteiger partial charge in [0.1, 0.15) is 11.5 Å². The molecule has 2 rings (SSSR count). The normalized spacial score (nSPS) is 11.1. The maximum absolute atomic E-state index is 12.5. The zero-order valence-electron chi connectivity index (χ0n) is 8.49. The Bertz CT molecular complexity index is 491. The van der Waals surface area contributed by atoms with Gasteiger partial charge in [0.15, 0.2) is 0 Å². The van der Waals surface area contributed by atoms with Crippen molar-refractivity contribution in [3.05, 3.63) is 40.6 Å². The third-order valence-electron chi connectivity index (χ3n) is 2.22. The van der Waals surface area contributed by atoms with Crippen LogP contribution in [0.5, 0.6) is 0 Å². The van der Waals surface area contributed by atoms with Gasteiger partial charge < -0.3 is 4.57 Å². The SMILES string of the molecule is Cn1cc(C(F)F)nc1-c1ccc(Br)cc1. The summed E-state index contributed by atoms with van der Waals surface area (Å²) in [6.45, 7) is 0. The molecular formula is C11H9BrF2N2. The van der Waals surface area contributed by atoms with Crippen molar-refractivity contribution >= 4 is 15.9 Å². The monoisotopic (exact) mass is 286 g/mol. The zero-order valence-corrected chi connectivity index (χ0v) is 10.1. The van der Waals surface area contributed by atoms with E-state index in [9.17, 15) is 8.78 Å². The molecule has 1 heterocycles. The molecule has 0 fully saturated rings. The second-order valence-electron chi connectivity index (χ2n) is 3.41. The van der Waals surface area contributed by atoms with Crippen LogP contribution in [0.25, 0.3) is 11.4 Å². The third-order valence-corrected chi connectivity index (χ3v) is 2.75. The number of hydrogen-bond acceptors (Lipinski definition) is 1. The van der Waals surface area contributed by atoms with Crippen molar-refractivity contribution < 1.29 is 8.78 Å². The lowest BCUT2D eigenvalue weighted by atomic mass is 10.2. The second-order valence-corrected chi connectivity index (χ2v) is 4.32. The number of imidazole rings is 1. The fourth-order valence-corrected chi connectivity index (χ4v) is 1.73. The Hall–Kier alpha value is -1.23. The van der Waals surface area contributed by atoms with Crippen molar-refractivity contribution in [2.75, 3.05) is 0 Å². The predicted molar refractivity (Wildman–Crippen MR) is 61.3 cm³/mol. The van der Waals surface area contributed by atoms with Crippen LogP contribution in [0.2, 0.25) is 0 Å². The van der Waals surface area contributed by atoms with Crippen LogP contribution in [-0.2, 0) is 7.05 Å². The van der Waals surface area contributed by atoms with Gasteiger partial charge in [-0.1, -0.05) is 28.1 Å². The van der Waals surface area contributed by atoms with Gasteiger partial charge in [-0.15, -0.1) is 0 Å². The minimum Gasteiger partial charge on any atom is -0.334 e. The van der Waals surface area contributed by atoms with E-state index in [0.717, 1.165) is 10.0 Å². The first-order valence-corrected chi connectivity index (χ1v) is 5.44. The molecule has 2 aromatic rings. The van der Waals surface area contributed by atoms with E-state index in [4.69, 9.17) is 0 Å².